The highest BCUT2D eigenvalue weighted by atomic mass is 16.5. The Bertz CT molecular complexity index is 778. The zero-order chi connectivity index (χ0) is 18.0. The maximum absolute atomic E-state index is 12.7. The quantitative estimate of drug-likeness (QED) is 0.845. The maximum atomic E-state index is 12.7. The van der Waals surface area contributed by atoms with Crippen LogP contribution in [0.5, 0.6) is 5.75 Å². The Kier molecular flexibility index (Phi) is 4.79. The summed E-state index contributed by atoms with van der Waals surface area (Å²) in [6, 6.07) is 7.33. The second kappa shape index (κ2) is 7.01. The Morgan fingerprint density at radius 3 is 2.80 bits per heavy atom. The van der Waals surface area contributed by atoms with E-state index in [2.05, 4.69) is 0 Å². The van der Waals surface area contributed by atoms with Crippen molar-refractivity contribution in [3.05, 3.63) is 52.6 Å². The molecule has 132 valence electrons. The third-order valence-electron chi connectivity index (χ3n) is 4.42. The molecule has 1 aromatic rings. The SMILES string of the molecule is CCOc1ccccc1[C@H]1C(C(=O)OC)=C(N)OC2=C1C(=O)CCC2. The molecule has 2 N–H and O–H groups in total. The predicted octanol–water partition coefficient (Wildman–Crippen LogP) is 2.55. The lowest BCUT2D eigenvalue weighted by Gasteiger charge is -2.32. The van der Waals surface area contributed by atoms with Gasteiger partial charge in [-0.05, 0) is 19.4 Å². The van der Waals surface area contributed by atoms with Crippen LogP contribution in [-0.2, 0) is 19.1 Å². The lowest BCUT2D eigenvalue weighted by molar-refractivity contribution is -0.136. The average Bonchev–Trinajstić information content (AvgIpc) is 2.61. The fraction of sp³-hybridized carbons (Fsp3) is 0.368. The van der Waals surface area contributed by atoms with E-state index in [0.717, 1.165) is 0 Å². The van der Waals surface area contributed by atoms with Crippen LogP contribution in [0.15, 0.2) is 47.1 Å². The number of allylic oxidation sites excluding steroid dienone is 2. The minimum Gasteiger partial charge on any atom is -0.494 e. The summed E-state index contributed by atoms with van der Waals surface area (Å²) in [5, 5.41) is 0. The van der Waals surface area contributed by atoms with Crippen molar-refractivity contribution in [1.29, 1.82) is 0 Å². The first-order chi connectivity index (χ1) is 12.1. The van der Waals surface area contributed by atoms with E-state index in [1.807, 2.05) is 31.2 Å². The van der Waals surface area contributed by atoms with Gasteiger partial charge in [0.05, 0.1) is 19.6 Å². The molecule has 6 nitrogen and oxygen atoms in total. The van der Waals surface area contributed by atoms with Crippen LogP contribution in [0.2, 0.25) is 0 Å². The Labute approximate surface area is 146 Å². The van der Waals surface area contributed by atoms with Crippen molar-refractivity contribution in [2.45, 2.75) is 32.1 Å². The van der Waals surface area contributed by atoms with Crippen LogP contribution < -0.4 is 10.5 Å². The highest BCUT2D eigenvalue weighted by Crippen LogP contribution is 2.46. The molecule has 0 amide bonds. The van der Waals surface area contributed by atoms with Crippen LogP contribution in [0, 0.1) is 0 Å². The van der Waals surface area contributed by atoms with Crippen LogP contribution in [0.25, 0.3) is 0 Å². The summed E-state index contributed by atoms with van der Waals surface area (Å²) in [6.07, 6.45) is 1.74. The number of carbonyl (C=O) groups is 2. The predicted molar refractivity (Wildman–Crippen MR) is 90.6 cm³/mol. The molecule has 1 aliphatic carbocycles. The van der Waals surface area contributed by atoms with Gasteiger partial charge in [-0.1, -0.05) is 18.2 Å². The van der Waals surface area contributed by atoms with Crippen LogP contribution >= 0.6 is 0 Å². The first kappa shape index (κ1) is 17.1. The molecular weight excluding hydrogens is 322 g/mol. The number of hydrogen-bond donors (Lipinski definition) is 1. The summed E-state index contributed by atoms with van der Waals surface area (Å²) in [6.45, 7) is 2.34. The summed E-state index contributed by atoms with van der Waals surface area (Å²) in [4.78, 5) is 25.0. The van der Waals surface area contributed by atoms with Crippen LogP contribution in [0.3, 0.4) is 0 Å². The van der Waals surface area contributed by atoms with Crippen molar-refractivity contribution in [3.8, 4) is 5.75 Å². The number of methoxy groups -OCH3 is 1. The monoisotopic (exact) mass is 343 g/mol. The first-order valence-electron chi connectivity index (χ1n) is 8.32. The van der Waals surface area contributed by atoms with Crippen LogP contribution in [0.1, 0.15) is 37.7 Å². The molecule has 0 saturated carbocycles. The van der Waals surface area contributed by atoms with E-state index in [-0.39, 0.29) is 17.2 Å². The molecule has 1 aliphatic heterocycles. The van der Waals surface area contributed by atoms with Gasteiger partial charge < -0.3 is 19.9 Å². The molecule has 3 rings (SSSR count). The number of esters is 1. The Morgan fingerprint density at radius 1 is 1.32 bits per heavy atom. The Morgan fingerprint density at radius 2 is 2.08 bits per heavy atom. The summed E-state index contributed by atoms with van der Waals surface area (Å²) < 4.78 is 16.2. The van der Waals surface area contributed by atoms with Gasteiger partial charge in [-0.3, -0.25) is 4.79 Å². The van der Waals surface area contributed by atoms with Gasteiger partial charge in [-0.15, -0.1) is 0 Å². The highest BCUT2D eigenvalue weighted by Gasteiger charge is 2.42. The number of ketones is 1. The number of carbonyl (C=O) groups excluding carboxylic acids is 2. The van der Waals surface area contributed by atoms with E-state index in [4.69, 9.17) is 19.9 Å². The van der Waals surface area contributed by atoms with Crippen LogP contribution in [0.4, 0.5) is 0 Å². The van der Waals surface area contributed by atoms with Crippen LogP contribution in [-0.4, -0.2) is 25.5 Å². The third-order valence-corrected chi connectivity index (χ3v) is 4.42. The van der Waals surface area contributed by atoms with Crippen molar-refractivity contribution in [2.24, 2.45) is 5.73 Å². The largest absolute Gasteiger partial charge is 0.494 e. The number of para-hydroxylation sites is 1. The lowest BCUT2D eigenvalue weighted by Crippen LogP contribution is -2.31. The minimum atomic E-state index is -0.647. The van der Waals surface area contributed by atoms with E-state index < -0.39 is 11.9 Å². The number of Topliss-reactive ketones (excluding diaryl/α,β-unsaturated/α-hetero) is 1. The van der Waals surface area contributed by atoms with Gasteiger partial charge in [0.2, 0.25) is 5.88 Å². The standard InChI is InChI=1S/C19H21NO5/c1-3-24-13-9-5-4-7-11(13)15-16-12(21)8-6-10-14(16)25-18(20)17(15)19(22)23-2/h4-5,7,9,15H,3,6,8,10,20H2,1-2H3/t15-/m1/s1. The first-order valence-corrected chi connectivity index (χ1v) is 8.32. The van der Waals surface area contributed by atoms with Gasteiger partial charge in [0.1, 0.15) is 17.1 Å². The van der Waals surface area contributed by atoms with Crippen molar-refractivity contribution in [3.63, 3.8) is 0 Å². The molecule has 1 heterocycles. The molecule has 25 heavy (non-hydrogen) atoms. The number of benzene rings is 1. The van der Waals surface area contributed by atoms with Gasteiger partial charge in [-0.25, -0.2) is 4.79 Å². The molecule has 0 unspecified atom stereocenters. The van der Waals surface area contributed by atoms with Gasteiger partial charge >= 0.3 is 5.97 Å². The van der Waals surface area contributed by atoms with Crippen molar-refractivity contribution < 1.29 is 23.8 Å². The fourth-order valence-electron chi connectivity index (χ4n) is 3.38. The third kappa shape index (κ3) is 2.99. The summed E-state index contributed by atoms with van der Waals surface area (Å²) in [5.74, 6) is -0.164. The molecule has 0 fully saturated rings. The molecule has 1 aromatic carbocycles. The van der Waals surface area contributed by atoms with Crippen molar-refractivity contribution in [1.82, 2.24) is 0 Å². The van der Waals surface area contributed by atoms with Crippen molar-refractivity contribution in [2.75, 3.05) is 13.7 Å². The average molecular weight is 343 g/mol. The van der Waals surface area contributed by atoms with Gasteiger partial charge in [0.15, 0.2) is 5.78 Å². The van der Waals surface area contributed by atoms with Crippen molar-refractivity contribution >= 4 is 11.8 Å². The van der Waals surface area contributed by atoms with Gasteiger partial charge in [-0.2, -0.15) is 0 Å². The molecule has 0 spiro atoms. The van der Waals surface area contributed by atoms with E-state index in [1.165, 1.54) is 7.11 Å². The Balaban J connectivity index is 2.22. The van der Waals surface area contributed by atoms with Gasteiger partial charge in [0.25, 0.3) is 0 Å². The zero-order valence-corrected chi connectivity index (χ0v) is 14.3. The fourth-order valence-corrected chi connectivity index (χ4v) is 3.38. The lowest BCUT2D eigenvalue weighted by atomic mass is 9.77. The molecule has 0 bridgehead atoms. The number of nitrogens with two attached hydrogens (primary N) is 1. The maximum Gasteiger partial charge on any atom is 0.340 e. The summed E-state index contributed by atoms with van der Waals surface area (Å²) in [7, 11) is 1.28. The molecular formula is C19H21NO5. The van der Waals surface area contributed by atoms with E-state index in [9.17, 15) is 9.59 Å². The van der Waals surface area contributed by atoms with Gasteiger partial charge in [0, 0.05) is 24.0 Å². The molecule has 0 saturated heterocycles. The Hall–Kier alpha value is -2.76. The summed E-state index contributed by atoms with van der Waals surface area (Å²) in [5.41, 5.74) is 7.36. The second-order valence-corrected chi connectivity index (χ2v) is 5.89. The highest BCUT2D eigenvalue weighted by molar-refractivity contribution is 6.03. The molecule has 0 aromatic heterocycles. The number of rotatable bonds is 4. The second-order valence-electron chi connectivity index (χ2n) is 5.89. The number of ether oxygens (including phenoxy) is 3. The summed E-state index contributed by atoms with van der Waals surface area (Å²) >= 11 is 0. The smallest absolute Gasteiger partial charge is 0.340 e. The van der Waals surface area contributed by atoms with E-state index >= 15 is 0 Å². The molecule has 6 heteroatoms. The normalized spacial score (nSPS) is 20.1. The molecule has 0 radical (unpaired) electrons. The topological polar surface area (TPSA) is 87.8 Å². The molecule has 1 atom stereocenters. The number of hydrogen-bond acceptors (Lipinski definition) is 6. The van der Waals surface area contributed by atoms with E-state index in [1.54, 1.807) is 0 Å². The van der Waals surface area contributed by atoms with E-state index in [0.29, 0.717) is 48.5 Å². The molecule has 2 aliphatic rings. The zero-order valence-electron chi connectivity index (χ0n) is 14.3. The minimum absolute atomic E-state index is 0.0170.